The first-order valence-electron chi connectivity index (χ1n) is 16.4. The summed E-state index contributed by atoms with van der Waals surface area (Å²) in [6, 6.07) is 1.91. The zero-order valence-corrected chi connectivity index (χ0v) is 26.3. The average molecular weight is 652 g/mol. The highest BCUT2D eigenvalue weighted by atomic mass is 35.5. The van der Waals surface area contributed by atoms with Gasteiger partial charge in [-0.3, -0.25) is 15.0 Å². The SMILES string of the molecule is Fc1c2ncc3c(nc(OC[C@@]45CCCN4C[C@H](F)C5)nc13)N1CCCC3(C[C@H](COCCCc4c(Cl)cc5[nH]ncc5c4-2)O3)C1. The summed E-state index contributed by atoms with van der Waals surface area (Å²) in [5.41, 5.74) is 1.65. The predicted octanol–water partition coefficient (Wildman–Crippen LogP) is 5.41. The highest BCUT2D eigenvalue weighted by Gasteiger charge is 2.50. The first-order valence-corrected chi connectivity index (χ1v) is 16.8. The normalized spacial score (nSPS) is 29.7. The number of aromatic nitrogens is 5. The van der Waals surface area contributed by atoms with Crippen LogP contribution < -0.4 is 9.64 Å². The Kier molecular flexibility index (Phi) is 6.89. The molecule has 4 aromatic rings. The molecule has 4 atom stereocenters. The number of piperidine rings is 1. The molecule has 11 rings (SSSR count). The first kappa shape index (κ1) is 29.0. The van der Waals surface area contributed by atoms with Gasteiger partial charge in [0.1, 0.15) is 29.8 Å². The number of nitrogens with zero attached hydrogens (tertiary/aromatic N) is 6. The van der Waals surface area contributed by atoms with Crippen LogP contribution in [0.2, 0.25) is 5.02 Å². The van der Waals surface area contributed by atoms with Gasteiger partial charge in [0, 0.05) is 61.3 Å². The topological polar surface area (TPSA) is 102 Å². The summed E-state index contributed by atoms with van der Waals surface area (Å²) in [4.78, 5) is 18.7. The number of rotatable bonds is 3. The van der Waals surface area contributed by atoms with Gasteiger partial charge in [-0.2, -0.15) is 15.1 Å². The summed E-state index contributed by atoms with van der Waals surface area (Å²) in [5.74, 6) is -0.00501. The van der Waals surface area contributed by atoms with Crippen LogP contribution in [0.25, 0.3) is 33.1 Å². The lowest BCUT2D eigenvalue weighted by atomic mass is 9.82. The van der Waals surface area contributed by atoms with E-state index >= 15 is 4.39 Å². The summed E-state index contributed by atoms with van der Waals surface area (Å²) in [7, 11) is 0. The number of aromatic amines is 1. The molecule has 242 valence electrons. The largest absolute Gasteiger partial charge is 0.461 e. The molecule has 46 heavy (non-hydrogen) atoms. The molecule has 13 heteroatoms. The zero-order chi connectivity index (χ0) is 31.0. The van der Waals surface area contributed by atoms with E-state index in [1.807, 2.05) is 6.07 Å². The smallest absolute Gasteiger partial charge is 0.319 e. The molecule has 4 fully saturated rings. The van der Waals surface area contributed by atoms with Gasteiger partial charge in [0.05, 0.1) is 41.0 Å². The van der Waals surface area contributed by atoms with Crippen molar-refractivity contribution in [2.75, 3.05) is 50.9 Å². The van der Waals surface area contributed by atoms with Crippen molar-refractivity contribution in [3.63, 3.8) is 0 Å². The molecule has 7 bridgehead atoms. The van der Waals surface area contributed by atoms with E-state index in [9.17, 15) is 4.39 Å². The Bertz CT molecular complexity index is 1830. The number of alkyl halides is 1. The lowest BCUT2D eigenvalue weighted by molar-refractivity contribution is -0.224. The Morgan fingerprint density at radius 3 is 2.91 bits per heavy atom. The van der Waals surface area contributed by atoms with Gasteiger partial charge in [0.15, 0.2) is 5.82 Å². The van der Waals surface area contributed by atoms with Gasteiger partial charge in [-0.25, -0.2) is 8.78 Å². The summed E-state index contributed by atoms with van der Waals surface area (Å²) in [5, 5.41) is 8.94. The average Bonchev–Trinajstić information content (AvgIpc) is 3.73. The number of halogens is 3. The van der Waals surface area contributed by atoms with Crippen molar-refractivity contribution in [1.29, 1.82) is 0 Å². The van der Waals surface area contributed by atoms with E-state index in [4.69, 9.17) is 35.8 Å². The molecule has 0 aliphatic carbocycles. The van der Waals surface area contributed by atoms with E-state index in [-0.39, 0.29) is 41.1 Å². The maximum Gasteiger partial charge on any atom is 0.319 e. The standard InChI is InChI=1S/C33H36ClF2N7O3/c34-24-10-25-22(14-38-41-25)26-21(24)4-1-9-44-16-20-12-33(46-20)6-3-7-42(17-33)30-23-13-37-29(26)27(36)28(23)39-31(40-30)45-18-32-5-2-8-43(32)15-19(35)11-32/h10,13-14,19-20H,1-9,11-12,15-18H2,(H,38,41)/t19-,20-,32+,33?/m1/s1. The fraction of sp³-hybridized carbons (Fsp3) is 0.576. The number of ether oxygens (including phenoxy) is 3. The van der Waals surface area contributed by atoms with Crippen LogP contribution in [0, 0.1) is 5.82 Å². The highest BCUT2D eigenvalue weighted by molar-refractivity contribution is 6.33. The van der Waals surface area contributed by atoms with Crippen LogP contribution in [0.15, 0.2) is 18.5 Å². The molecule has 4 saturated heterocycles. The van der Waals surface area contributed by atoms with Crippen molar-refractivity contribution < 1.29 is 23.0 Å². The maximum atomic E-state index is 17.1. The van der Waals surface area contributed by atoms with Crippen molar-refractivity contribution in [3.8, 4) is 17.3 Å². The minimum absolute atomic E-state index is 0.0405. The number of anilines is 1. The Hall–Kier alpha value is -3.19. The van der Waals surface area contributed by atoms with Gasteiger partial charge in [0.2, 0.25) is 0 Å². The van der Waals surface area contributed by atoms with Crippen molar-refractivity contribution in [3.05, 3.63) is 34.9 Å². The van der Waals surface area contributed by atoms with Crippen molar-refractivity contribution in [2.24, 2.45) is 0 Å². The van der Waals surface area contributed by atoms with Gasteiger partial charge in [-0.05, 0) is 56.7 Å². The summed E-state index contributed by atoms with van der Waals surface area (Å²) < 4.78 is 50.4. The van der Waals surface area contributed by atoms with Crippen LogP contribution in [0.4, 0.5) is 14.6 Å². The third-order valence-electron chi connectivity index (χ3n) is 10.8. The quantitative estimate of drug-likeness (QED) is 0.312. The molecule has 0 saturated carbocycles. The maximum absolute atomic E-state index is 17.1. The van der Waals surface area contributed by atoms with Crippen LogP contribution in [0.1, 0.15) is 50.5 Å². The van der Waals surface area contributed by atoms with Gasteiger partial charge < -0.3 is 19.1 Å². The Morgan fingerprint density at radius 2 is 2.00 bits per heavy atom. The van der Waals surface area contributed by atoms with Gasteiger partial charge in [0.25, 0.3) is 0 Å². The Balaban J connectivity index is 1.20. The molecule has 1 N–H and O–H groups in total. The Morgan fingerprint density at radius 1 is 1.11 bits per heavy atom. The molecular formula is C33H36ClF2N7O3. The summed E-state index contributed by atoms with van der Waals surface area (Å²) in [6.45, 7) is 3.94. The molecule has 1 spiro atoms. The second kappa shape index (κ2) is 10.9. The molecular weight excluding hydrogens is 616 g/mol. The number of H-pyrrole nitrogens is 1. The highest BCUT2D eigenvalue weighted by Crippen LogP contribution is 2.45. The second-order valence-electron chi connectivity index (χ2n) is 13.8. The van der Waals surface area contributed by atoms with Crippen LogP contribution in [0.5, 0.6) is 6.01 Å². The second-order valence-corrected chi connectivity index (χ2v) is 14.2. The fourth-order valence-electron chi connectivity index (χ4n) is 8.72. The minimum Gasteiger partial charge on any atom is -0.461 e. The summed E-state index contributed by atoms with van der Waals surface area (Å²) >= 11 is 6.83. The molecule has 1 unspecified atom stereocenters. The van der Waals surface area contributed by atoms with Gasteiger partial charge >= 0.3 is 6.01 Å². The van der Waals surface area contributed by atoms with Crippen LogP contribution in [-0.2, 0) is 15.9 Å². The van der Waals surface area contributed by atoms with Crippen LogP contribution in [0.3, 0.4) is 0 Å². The lowest BCUT2D eigenvalue weighted by Crippen LogP contribution is -2.61. The van der Waals surface area contributed by atoms with E-state index in [0.29, 0.717) is 72.9 Å². The fourth-order valence-corrected chi connectivity index (χ4v) is 9.02. The molecule has 3 aromatic heterocycles. The van der Waals surface area contributed by atoms with E-state index in [1.165, 1.54) is 0 Å². The summed E-state index contributed by atoms with van der Waals surface area (Å²) in [6.07, 6.45) is 8.77. The molecule has 0 radical (unpaired) electrons. The predicted molar refractivity (Wildman–Crippen MR) is 169 cm³/mol. The molecule has 7 aliphatic heterocycles. The van der Waals surface area contributed by atoms with Gasteiger partial charge in [-0.1, -0.05) is 11.6 Å². The van der Waals surface area contributed by atoms with Crippen LogP contribution >= 0.6 is 11.6 Å². The number of hydrogen-bond donors (Lipinski definition) is 1. The van der Waals surface area contributed by atoms with Crippen molar-refractivity contribution in [1.82, 2.24) is 30.0 Å². The third kappa shape index (κ3) is 4.66. The number of pyridine rings is 1. The van der Waals surface area contributed by atoms with Crippen molar-refractivity contribution >= 4 is 39.2 Å². The van der Waals surface area contributed by atoms with Crippen molar-refractivity contribution in [2.45, 2.75) is 74.8 Å². The van der Waals surface area contributed by atoms with E-state index in [2.05, 4.69) is 25.0 Å². The lowest BCUT2D eigenvalue weighted by Gasteiger charge is -2.53. The molecule has 1 aromatic carbocycles. The van der Waals surface area contributed by atoms with E-state index < -0.39 is 12.0 Å². The molecule has 10 heterocycles. The molecule has 0 amide bonds. The van der Waals surface area contributed by atoms with E-state index in [0.717, 1.165) is 56.1 Å². The first-order chi connectivity index (χ1) is 22.4. The Labute approximate surface area is 269 Å². The van der Waals surface area contributed by atoms with Crippen LogP contribution in [-0.4, -0.2) is 99.5 Å². The van der Waals surface area contributed by atoms with Gasteiger partial charge in [-0.15, -0.1) is 0 Å². The monoisotopic (exact) mass is 651 g/mol. The number of fused-ring (bicyclic) bond motifs is 2. The zero-order valence-electron chi connectivity index (χ0n) is 25.5. The molecule has 10 nitrogen and oxygen atoms in total. The minimum atomic E-state index is -0.882. The number of hydrogen-bond acceptors (Lipinski definition) is 9. The molecule has 7 aliphatic rings. The van der Waals surface area contributed by atoms with E-state index in [1.54, 1.807) is 12.4 Å². The number of nitrogens with one attached hydrogen (secondary N) is 1. The third-order valence-corrected chi connectivity index (χ3v) is 11.1. The number of benzene rings is 1.